The Bertz CT molecular complexity index is 952. The molecule has 0 aromatic heterocycles. The molecule has 2 aromatic rings. The number of hydrogen-bond acceptors (Lipinski definition) is 4. The van der Waals surface area contributed by atoms with Gasteiger partial charge in [0.2, 0.25) is 0 Å². The van der Waals surface area contributed by atoms with Crippen LogP contribution in [0.3, 0.4) is 0 Å². The van der Waals surface area contributed by atoms with Crippen molar-refractivity contribution >= 4 is 23.3 Å². The first-order valence-corrected chi connectivity index (χ1v) is 10.6. The first-order valence-electron chi connectivity index (χ1n) is 9.77. The summed E-state index contributed by atoms with van der Waals surface area (Å²) >= 11 is 1.43. The minimum absolute atomic E-state index is 0.0438. The van der Waals surface area contributed by atoms with Crippen LogP contribution in [0.2, 0.25) is 0 Å². The van der Waals surface area contributed by atoms with Crippen molar-refractivity contribution < 1.29 is 18.7 Å². The van der Waals surface area contributed by atoms with Gasteiger partial charge in [0, 0.05) is 0 Å². The smallest absolute Gasteiger partial charge is 0.165 e. The number of rotatable bonds is 4. The van der Waals surface area contributed by atoms with Crippen LogP contribution in [0.5, 0.6) is 5.75 Å². The number of carbonyl (C=O) groups is 2. The van der Waals surface area contributed by atoms with Gasteiger partial charge >= 0.3 is 0 Å². The molecule has 1 saturated heterocycles. The Balaban J connectivity index is 2.10. The first-order chi connectivity index (χ1) is 13.5. The normalized spacial score (nSPS) is 18.7. The minimum Gasteiger partial charge on any atom is -0.494 e. The van der Waals surface area contributed by atoms with Crippen molar-refractivity contribution in [2.75, 3.05) is 7.11 Å². The highest BCUT2D eigenvalue weighted by Gasteiger charge is 2.52. The molecule has 0 aliphatic carbocycles. The topological polar surface area (TPSA) is 43.4 Å². The summed E-state index contributed by atoms with van der Waals surface area (Å²) in [4.78, 5) is 26.4. The van der Waals surface area contributed by atoms with Crippen LogP contribution in [0, 0.1) is 5.82 Å². The zero-order chi connectivity index (χ0) is 21.6. The van der Waals surface area contributed by atoms with Crippen molar-refractivity contribution in [1.82, 2.24) is 0 Å². The van der Waals surface area contributed by atoms with E-state index in [0.29, 0.717) is 6.42 Å². The number of ketones is 2. The zero-order valence-corrected chi connectivity index (χ0v) is 18.6. The van der Waals surface area contributed by atoms with E-state index >= 15 is 0 Å². The average Bonchev–Trinajstić information content (AvgIpc) is 2.66. The molecule has 3 nitrogen and oxygen atoms in total. The molecular formula is C24H27FO3S. The molecule has 154 valence electrons. The number of aryl methyl sites for hydroxylation is 1. The molecule has 0 N–H and O–H groups in total. The van der Waals surface area contributed by atoms with Crippen molar-refractivity contribution in [3.63, 3.8) is 0 Å². The molecule has 0 bridgehead atoms. The molecule has 2 aromatic carbocycles. The number of thioether (sulfide) groups is 1. The number of Topliss-reactive ketones (excluding diaryl/α,β-unsaturated/α-hetero) is 2. The van der Waals surface area contributed by atoms with Crippen LogP contribution in [-0.4, -0.2) is 28.2 Å². The molecule has 0 unspecified atom stereocenters. The molecule has 5 heteroatoms. The van der Waals surface area contributed by atoms with Crippen LogP contribution in [0.4, 0.5) is 4.39 Å². The van der Waals surface area contributed by atoms with Gasteiger partial charge in [0.15, 0.2) is 23.1 Å². The fraction of sp³-hybridized carbons (Fsp3) is 0.417. The number of benzene rings is 2. The Morgan fingerprint density at radius 2 is 1.52 bits per heavy atom. The number of ether oxygens (including phenoxy) is 1. The Morgan fingerprint density at radius 3 is 2.07 bits per heavy atom. The van der Waals surface area contributed by atoms with Crippen LogP contribution in [0.15, 0.2) is 36.4 Å². The number of carbonyl (C=O) groups excluding carboxylic acids is 2. The van der Waals surface area contributed by atoms with Crippen LogP contribution >= 0.6 is 11.8 Å². The average molecular weight is 415 g/mol. The second-order valence-electron chi connectivity index (χ2n) is 8.40. The number of halogens is 1. The van der Waals surface area contributed by atoms with Crippen molar-refractivity contribution in [1.29, 1.82) is 0 Å². The monoisotopic (exact) mass is 414 g/mol. The van der Waals surface area contributed by atoms with Crippen LogP contribution in [-0.2, 0) is 16.0 Å². The lowest BCUT2D eigenvalue weighted by atomic mass is 9.78. The van der Waals surface area contributed by atoms with Gasteiger partial charge < -0.3 is 4.74 Å². The fourth-order valence-corrected chi connectivity index (χ4v) is 5.76. The molecule has 0 radical (unpaired) electrons. The summed E-state index contributed by atoms with van der Waals surface area (Å²) in [6.45, 7) is 9.59. The maximum Gasteiger partial charge on any atom is 0.165 e. The van der Waals surface area contributed by atoms with E-state index in [4.69, 9.17) is 4.74 Å². The maximum absolute atomic E-state index is 13.8. The molecule has 1 fully saturated rings. The SMILES string of the molecule is CCc1cc(-c2ccc(F)c(OC)c2)ccc1C1C(=O)C(C)(C)SC(C)(C)C1=O. The molecule has 0 saturated carbocycles. The van der Waals surface area contributed by atoms with Gasteiger partial charge in [-0.3, -0.25) is 9.59 Å². The van der Waals surface area contributed by atoms with E-state index in [1.807, 2.05) is 52.8 Å². The third-order valence-electron chi connectivity index (χ3n) is 5.54. The van der Waals surface area contributed by atoms with Gasteiger partial charge in [0.25, 0.3) is 0 Å². The van der Waals surface area contributed by atoms with Gasteiger partial charge in [0.05, 0.1) is 16.6 Å². The standard InChI is InChI=1S/C24H27FO3S/c1-7-14-12-15(16-9-11-18(25)19(13-16)28-6)8-10-17(14)20-21(26)23(2,3)29-24(4,5)22(20)27/h8-13,20H,7H2,1-6H3. The van der Waals surface area contributed by atoms with Crippen LogP contribution in [0.25, 0.3) is 11.1 Å². The van der Waals surface area contributed by atoms with Gasteiger partial charge in [-0.15, -0.1) is 11.8 Å². The zero-order valence-electron chi connectivity index (χ0n) is 17.8. The van der Waals surface area contributed by atoms with Crippen LogP contribution in [0.1, 0.15) is 51.7 Å². The van der Waals surface area contributed by atoms with E-state index in [0.717, 1.165) is 22.3 Å². The van der Waals surface area contributed by atoms with Gasteiger partial charge in [-0.2, -0.15) is 0 Å². The summed E-state index contributed by atoms with van der Waals surface area (Å²) in [5, 5.41) is 0. The second kappa shape index (κ2) is 7.60. The number of methoxy groups -OCH3 is 1. The molecule has 1 aliphatic heterocycles. The first kappa shape index (κ1) is 21.6. The highest BCUT2D eigenvalue weighted by atomic mass is 32.2. The summed E-state index contributed by atoms with van der Waals surface area (Å²) in [6, 6.07) is 10.5. The van der Waals surface area contributed by atoms with E-state index in [1.54, 1.807) is 12.1 Å². The van der Waals surface area contributed by atoms with Gasteiger partial charge in [-0.05, 0) is 68.5 Å². The third-order valence-corrected chi connectivity index (χ3v) is 6.96. The summed E-state index contributed by atoms with van der Waals surface area (Å²) in [5.74, 6) is -1.07. The highest BCUT2D eigenvalue weighted by Crippen LogP contribution is 2.49. The van der Waals surface area contributed by atoms with E-state index in [1.165, 1.54) is 24.9 Å². The molecule has 1 aliphatic rings. The minimum atomic E-state index is -0.756. The molecule has 0 atom stereocenters. The summed E-state index contributed by atoms with van der Waals surface area (Å²) in [7, 11) is 1.44. The summed E-state index contributed by atoms with van der Waals surface area (Å²) < 4.78 is 17.6. The van der Waals surface area contributed by atoms with Crippen molar-refractivity contribution in [2.45, 2.75) is 56.5 Å². The molecule has 1 heterocycles. The fourth-order valence-electron chi connectivity index (χ4n) is 4.05. The van der Waals surface area contributed by atoms with E-state index in [9.17, 15) is 14.0 Å². The van der Waals surface area contributed by atoms with E-state index < -0.39 is 21.2 Å². The Hall–Kier alpha value is -2.14. The Morgan fingerprint density at radius 1 is 0.966 bits per heavy atom. The predicted molar refractivity (Wildman–Crippen MR) is 116 cm³/mol. The maximum atomic E-state index is 13.8. The number of hydrogen-bond donors (Lipinski definition) is 0. The van der Waals surface area contributed by atoms with Gasteiger partial charge in [0.1, 0.15) is 5.92 Å². The Labute approximate surface area is 176 Å². The lowest BCUT2D eigenvalue weighted by Gasteiger charge is -2.42. The van der Waals surface area contributed by atoms with Crippen molar-refractivity contribution in [3.8, 4) is 16.9 Å². The lowest BCUT2D eigenvalue weighted by molar-refractivity contribution is -0.132. The Kier molecular flexibility index (Phi) is 5.65. The third kappa shape index (κ3) is 3.85. The molecule has 3 rings (SSSR count). The molecule has 29 heavy (non-hydrogen) atoms. The van der Waals surface area contributed by atoms with E-state index in [-0.39, 0.29) is 17.3 Å². The molecule has 0 amide bonds. The predicted octanol–water partition coefficient (Wildman–Crippen LogP) is 5.59. The summed E-state index contributed by atoms with van der Waals surface area (Å²) in [5.41, 5.74) is 3.45. The van der Waals surface area contributed by atoms with Gasteiger partial charge in [-0.1, -0.05) is 31.2 Å². The van der Waals surface area contributed by atoms with Gasteiger partial charge in [-0.25, -0.2) is 4.39 Å². The second-order valence-corrected chi connectivity index (χ2v) is 10.6. The highest BCUT2D eigenvalue weighted by molar-refractivity contribution is 8.03. The molecule has 0 spiro atoms. The lowest BCUT2D eigenvalue weighted by Crippen LogP contribution is -2.51. The molecular weight excluding hydrogens is 387 g/mol. The summed E-state index contributed by atoms with van der Waals surface area (Å²) in [6.07, 6.45) is 0.687. The van der Waals surface area contributed by atoms with Crippen molar-refractivity contribution in [2.24, 2.45) is 0 Å². The van der Waals surface area contributed by atoms with E-state index in [2.05, 4.69) is 0 Å². The largest absolute Gasteiger partial charge is 0.494 e. The van der Waals surface area contributed by atoms with Crippen LogP contribution < -0.4 is 4.74 Å². The quantitative estimate of drug-likeness (QED) is 0.612. The van der Waals surface area contributed by atoms with Crippen molar-refractivity contribution in [3.05, 3.63) is 53.3 Å².